The maximum atomic E-state index is 11.7. The first kappa shape index (κ1) is 58.1. The van der Waals surface area contributed by atoms with Gasteiger partial charge in [-0.3, -0.25) is 4.79 Å². The molecule has 0 saturated heterocycles. The van der Waals surface area contributed by atoms with E-state index in [1.54, 1.807) is 0 Å². The number of hydrogen-bond donors (Lipinski definition) is 0. The Labute approximate surface area is 362 Å². The summed E-state index contributed by atoms with van der Waals surface area (Å²) in [7, 11) is 0. The Morgan fingerprint density at radius 3 is 0.712 bits per heavy atom. The largest absolute Gasteiger partial charge is 0.463 e. The van der Waals surface area contributed by atoms with Crippen molar-refractivity contribution in [3.8, 4) is 0 Å². The fourth-order valence-corrected chi connectivity index (χ4v) is 6.17. The number of hydrogen-bond acceptors (Lipinski definition) is 12. The van der Waals surface area contributed by atoms with Crippen LogP contribution in [-0.2, 0) is 56.9 Å². The van der Waals surface area contributed by atoms with E-state index in [2.05, 4.69) is 13.8 Å². The van der Waals surface area contributed by atoms with E-state index in [1.807, 2.05) is 0 Å². The molecule has 59 heavy (non-hydrogen) atoms. The summed E-state index contributed by atoms with van der Waals surface area (Å²) in [4.78, 5) is 11.7. The van der Waals surface area contributed by atoms with Crippen LogP contribution in [-0.4, -0.2) is 145 Å². The first-order chi connectivity index (χ1) is 29.3. The van der Waals surface area contributed by atoms with Crippen molar-refractivity contribution >= 4 is 5.97 Å². The molecular weight excluding hydrogens is 757 g/mol. The molecule has 0 aliphatic heterocycles. The van der Waals surface area contributed by atoms with Gasteiger partial charge in [0.1, 0.15) is 6.61 Å². The molecule has 0 N–H and O–H groups in total. The van der Waals surface area contributed by atoms with Gasteiger partial charge in [-0.25, -0.2) is 0 Å². The van der Waals surface area contributed by atoms with E-state index >= 15 is 0 Å². The predicted molar refractivity (Wildman–Crippen MR) is 237 cm³/mol. The second-order valence-corrected chi connectivity index (χ2v) is 15.2. The van der Waals surface area contributed by atoms with Crippen LogP contribution >= 0.6 is 0 Å². The summed E-state index contributed by atoms with van der Waals surface area (Å²) < 4.78 is 60.5. The zero-order valence-electron chi connectivity index (χ0n) is 38.5. The lowest BCUT2D eigenvalue weighted by atomic mass is 10.0. The molecule has 12 nitrogen and oxygen atoms in total. The second kappa shape index (κ2) is 55.1. The average molecular weight is 851 g/mol. The Balaban J connectivity index is 3.09. The highest BCUT2D eigenvalue weighted by atomic mass is 16.6. The van der Waals surface area contributed by atoms with Crippen molar-refractivity contribution < 1.29 is 56.9 Å². The van der Waals surface area contributed by atoms with Crippen LogP contribution in [0.2, 0.25) is 0 Å². The molecule has 0 atom stereocenters. The molecule has 0 spiro atoms. The van der Waals surface area contributed by atoms with E-state index < -0.39 is 0 Å². The van der Waals surface area contributed by atoms with E-state index in [0.29, 0.717) is 132 Å². The van der Waals surface area contributed by atoms with Gasteiger partial charge in [-0.2, -0.15) is 0 Å². The van der Waals surface area contributed by atoms with Gasteiger partial charge in [0.15, 0.2) is 0 Å². The fourth-order valence-electron chi connectivity index (χ4n) is 6.17. The molecule has 0 rings (SSSR count). The van der Waals surface area contributed by atoms with E-state index in [-0.39, 0.29) is 12.6 Å². The molecule has 0 saturated carbocycles. The van der Waals surface area contributed by atoms with Gasteiger partial charge in [-0.1, -0.05) is 142 Å². The predicted octanol–water partition coefficient (Wildman–Crippen LogP) is 9.71. The molecule has 0 unspecified atom stereocenters. The van der Waals surface area contributed by atoms with Crippen LogP contribution in [0.5, 0.6) is 0 Å². The minimum absolute atomic E-state index is 0.140. The third-order valence-electron chi connectivity index (χ3n) is 9.72. The van der Waals surface area contributed by atoms with E-state index in [0.717, 1.165) is 25.9 Å². The summed E-state index contributed by atoms with van der Waals surface area (Å²) >= 11 is 0. The van der Waals surface area contributed by atoms with Gasteiger partial charge in [0, 0.05) is 13.0 Å². The average Bonchev–Trinajstić information content (AvgIpc) is 3.24. The molecule has 0 radical (unpaired) electrons. The number of esters is 1. The van der Waals surface area contributed by atoms with Crippen LogP contribution in [0.3, 0.4) is 0 Å². The Kier molecular flexibility index (Phi) is 54.2. The van der Waals surface area contributed by atoms with Crippen molar-refractivity contribution in [2.45, 2.75) is 162 Å². The SMILES string of the molecule is CCCCCCCCCCCCCCCCCCOCCOCCOCCOCCOCCOCCOCCOCCOCCOCCOC(=O)CCCCCCCC. The molecule has 0 fully saturated rings. The molecule has 0 aliphatic carbocycles. The Morgan fingerprint density at radius 2 is 0.441 bits per heavy atom. The maximum absolute atomic E-state index is 11.7. The van der Waals surface area contributed by atoms with Gasteiger partial charge in [0.2, 0.25) is 0 Å². The van der Waals surface area contributed by atoms with Crippen LogP contribution in [0.4, 0.5) is 0 Å². The first-order valence-corrected chi connectivity index (χ1v) is 24.2. The number of unbranched alkanes of at least 4 members (excludes halogenated alkanes) is 20. The Bertz CT molecular complexity index is 763. The quantitative estimate of drug-likeness (QED) is 0.0428. The van der Waals surface area contributed by atoms with Crippen molar-refractivity contribution in [1.29, 1.82) is 0 Å². The van der Waals surface area contributed by atoms with Gasteiger partial charge >= 0.3 is 5.97 Å². The molecule has 0 amide bonds. The fraction of sp³-hybridized carbons (Fsp3) is 0.979. The zero-order valence-corrected chi connectivity index (χ0v) is 38.5. The van der Waals surface area contributed by atoms with Crippen LogP contribution < -0.4 is 0 Å². The molecule has 0 bridgehead atoms. The normalized spacial score (nSPS) is 11.6. The summed E-state index contributed by atoms with van der Waals surface area (Å²) in [5, 5.41) is 0. The highest BCUT2D eigenvalue weighted by Crippen LogP contribution is 2.14. The van der Waals surface area contributed by atoms with Crippen LogP contribution in [0.25, 0.3) is 0 Å². The lowest BCUT2D eigenvalue weighted by molar-refractivity contribution is -0.145. The highest BCUT2D eigenvalue weighted by Gasteiger charge is 2.03. The zero-order chi connectivity index (χ0) is 42.5. The molecule has 354 valence electrons. The summed E-state index contributed by atoms with van der Waals surface area (Å²) in [6.45, 7) is 15.5. The number of carbonyl (C=O) groups is 1. The standard InChI is InChI=1S/C47H94O12/c1-3-5-7-9-11-12-13-14-15-16-17-18-19-20-22-24-26-49-27-28-50-29-30-51-31-32-52-33-34-53-35-36-54-37-38-55-39-40-56-41-42-57-43-44-58-45-46-59-47(48)25-23-21-10-8-6-4-2/h3-46H2,1-2H3. The molecule has 0 aromatic rings. The minimum Gasteiger partial charge on any atom is -0.463 e. The summed E-state index contributed by atoms with van der Waals surface area (Å²) in [6.07, 6.45) is 29.6. The Hall–Kier alpha value is -0.930. The molecule has 0 heterocycles. The van der Waals surface area contributed by atoms with Crippen molar-refractivity contribution in [2.75, 3.05) is 139 Å². The topological polar surface area (TPSA) is 119 Å². The maximum Gasteiger partial charge on any atom is 0.305 e. The van der Waals surface area contributed by atoms with Crippen molar-refractivity contribution in [1.82, 2.24) is 0 Å². The first-order valence-electron chi connectivity index (χ1n) is 24.2. The van der Waals surface area contributed by atoms with Gasteiger partial charge in [0.25, 0.3) is 0 Å². The van der Waals surface area contributed by atoms with Gasteiger partial charge in [-0.05, 0) is 12.8 Å². The number of rotatable bonds is 54. The Morgan fingerprint density at radius 1 is 0.237 bits per heavy atom. The highest BCUT2D eigenvalue weighted by molar-refractivity contribution is 5.69. The van der Waals surface area contributed by atoms with Crippen LogP contribution in [0.1, 0.15) is 162 Å². The lowest BCUT2D eigenvalue weighted by Gasteiger charge is -2.09. The third kappa shape index (κ3) is 55.1. The summed E-state index contributed by atoms with van der Waals surface area (Å²) in [6, 6.07) is 0. The molecule has 0 aromatic carbocycles. The van der Waals surface area contributed by atoms with Crippen molar-refractivity contribution in [3.63, 3.8) is 0 Å². The third-order valence-corrected chi connectivity index (χ3v) is 9.72. The minimum atomic E-state index is -0.140. The molecule has 0 aromatic heterocycles. The van der Waals surface area contributed by atoms with Gasteiger partial charge in [0.05, 0.1) is 126 Å². The van der Waals surface area contributed by atoms with E-state index in [4.69, 9.17) is 52.1 Å². The van der Waals surface area contributed by atoms with Crippen LogP contribution in [0, 0.1) is 0 Å². The van der Waals surface area contributed by atoms with E-state index in [9.17, 15) is 4.79 Å². The van der Waals surface area contributed by atoms with E-state index in [1.165, 1.54) is 122 Å². The van der Waals surface area contributed by atoms with Crippen molar-refractivity contribution in [3.05, 3.63) is 0 Å². The lowest BCUT2D eigenvalue weighted by Crippen LogP contribution is -2.15. The number of ether oxygens (including phenoxy) is 11. The van der Waals surface area contributed by atoms with Gasteiger partial charge < -0.3 is 52.1 Å². The monoisotopic (exact) mass is 851 g/mol. The summed E-state index contributed by atoms with van der Waals surface area (Å²) in [5.74, 6) is -0.140. The second-order valence-electron chi connectivity index (χ2n) is 15.2. The smallest absolute Gasteiger partial charge is 0.305 e. The van der Waals surface area contributed by atoms with Crippen molar-refractivity contribution in [2.24, 2.45) is 0 Å². The van der Waals surface area contributed by atoms with Gasteiger partial charge in [-0.15, -0.1) is 0 Å². The van der Waals surface area contributed by atoms with Crippen LogP contribution in [0.15, 0.2) is 0 Å². The summed E-state index contributed by atoms with van der Waals surface area (Å²) in [5.41, 5.74) is 0. The molecular formula is C47H94O12. The molecule has 0 aliphatic rings. The molecule has 12 heteroatoms. The number of carbonyl (C=O) groups excluding carboxylic acids is 1.